The molecule has 0 radical (unpaired) electrons. The van der Waals surface area contributed by atoms with Crippen LogP contribution in [0.1, 0.15) is 49.5 Å². The highest BCUT2D eigenvalue weighted by atomic mass is 16.3. The number of hydrogen-bond donors (Lipinski definition) is 1. The van der Waals surface area contributed by atoms with Crippen LogP contribution in [0.4, 0.5) is 5.82 Å². The quantitative estimate of drug-likeness (QED) is 0.797. The first-order chi connectivity index (χ1) is 11.3. The van der Waals surface area contributed by atoms with E-state index in [0.717, 1.165) is 32.1 Å². The number of aryl methyl sites for hydroxylation is 1. The summed E-state index contributed by atoms with van der Waals surface area (Å²) in [5, 5.41) is 10.3. The molecule has 1 aromatic rings. The van der Waals surface area contributed by atoms with Crippen LogP contribution in [0.2, 0.25) is 0 Å². The van der Waals surface area contributed by atoms with Crippen molar-refractivity contribution < 1.29 is 14.7 Å². The highest BCUT2D eigenvalue weighted by molar-refractivity contribution is 5.99. The molecule has 7 heteroatoms. The van der Waals surface area contributed by atoms with Gasteiger partial charge in [0, 0.05) is 27.7 Å². The SMILES string of the molecule is CCC1(O)CCC(CN(C)C(=O)c2c(N(C)C=O)ncn2C)CC1. The Bertz CT molecular complexity index is 591. The van der Waals surface area contributed by atoms with Gasteiger partial charge in [0.15, 0.2) is 11.5 Å². The molecule has 1 aromatic heterocycles. The van der Waals surface area contributed by atoms with Gasteiger partial charge in [0.1, 0.15) is 0 Å². The molecule has 1 N–H and O–H groups in total. The molecular formula is C17H28N4O3. The molecule has 0 aliphatic heterocycles. The number of aromatic nitrogens is 2. The van der Waals surface area contributed by atoms with E-state index in [1.54, 1.807) is 36.9 Å². The van der Waals surface area contributed by atoms with E-state index >= 15 is 0 Å². The number of carbonyl (C=O) groups excluding carboxylic acids is 2. The van der Waals surface area contributed by atoms with Crippen molar-refractivity contribution in [1.29, 1.82) is 0 Å². The molecule has 24 heavy (non-hydrogen) atoms. The van der Waals surface area contributed by atoms with Gasteiger partial charge in [-0.2, -0.15) is 0 Å². The predicted molar refractivity (Wildman–Crippen MR) is 91.8 cm³/mol. The molecule has 0 unspecified atom stereocenters. The van der Waals surface area contributed by atoms with Gasteiger partial charge in [0.2, 0.25) is 6.41 Å². The largest absolute Gasteiger partial charge is 0.390 e. The molecule has 1 aliphatic carbocycles. The highest BCUT2D eigenvalue weighted by Crippen LogP contribution is 2.34. The minimum absolute atomic E-state index is 0.143. The fraction of sp³-hybridized carbons (Fsp3) is 0.706. The molecule has 1 fully saturated rings. The van der Waals surface area contributed by atoms with Crippen molar-refractivity contribution in [2.75, 3.05) is 25.5 Å². The second-order valence-corrected chi connectivity index (χ2v) is 6.95. The number of imidazole rings is 1. The fourth-order valence-electron chi connectivity index (χ4n) is 3.37. The number of nitrogens with zero attached hydrogens (tertiary/aromatic N) is 4. The second-order valence-electron chi connectivity index (χ2n) is 6.95. The Morgan fingerprint density at radius 2 is 2.08 bits per heavy atom. The number of carbonyl (C=O) groups is 2. The maximum absolute atomic E-state index is 12.8. The third kappa shape index (κ3) is 3.77. The molecule has 0 atom stereocenters. The molecular weight excluding hydrogens is 308 g/mol. The van der Waals surface area contributed by atoms with E-state index in [4.69, 9.17) is 0 Å². The van der Waals surface area contributed by atoms with Crippen LogP contribution in [-0.4, -0.2) is 58.1 Å². The molecule has 1 heterocycles. The molecule has 1 aliphatic rings. The summed E-state index contributed by atoms with van der Waals surface area (Å²) in [7, 11) is 5.11. The molecule has 0 saturated heterocycles. The zero-order valence-electron chi connectivity index (χ0n) is 15.0. The third-order valence-electron chi connectivity index (χ3n) is 5.19. The average molecular weight is 336 g/mol. The molecule has 134 valence electrons. The average Bonchev–Trinajstić information content (AvgIpc) is 2.97. The molecule has 0 spiro atoms. The van der Waals surface area contributed by atoms with Gasteiger partial charge in [0.25, 0.3) is 5.91 Å². The summed E-state index contributed by atoms with van der Waals surface area (Å²) >= 11 is 0. The summed E-state index contributed by atoms with van der Waals surface area (Å²) in [4.78, 5) is 30.9. The molecule has 2 amide bonds. The van der Waals surface area contributed by atoms with Gasteiger partial charge in [-0.15, -0.1) is 0 Å². The van der Waals surface area contributed by atoms with Gasteiger partial charge < -0.3 is 19.5 Å². The number of anilines is 1. The van der Waals surface area contributed by atoms with E-state index in [1.807, 2.05) is 6.92 Å². The number of hydrogen-bond acceptors (Lipinski definition) is 4. The first kappa shape index (κ1) is 18.4. The van der Waals surface area contributed by atoms with Crippen molar-refractivity contribution in [2.24, 2.45) is 13.0 Å². The summed E-state index contributed by atoms with van der Waals surface area (Å²) in [5.74, 6) is 0.620. The van der Waals surface area contributed by atoms with Gasteiger partial charge in [0.05, 0.1) is 11.9 Å². The lowest BCUT2D eigenvalue weighted by Gasteiger charge is -2.36. The van der Waals surface area contributed by atoms with Crippen LogP contribution in [0.25, 0.3) is 0 Å². The maximum Gasteiger partial charge on any atom is 0.274 e. The first-order valence-electron chi connectivity index (χ1n) is 8.48. The summed E-state index contributed by atoms with van der Waals surface area (Å²) in [6, 6.07) is 0. The van der Waals surface area contributed by atoms with Crippen LogP contribution in [0.15, 0.2) is 6.33 Å². The summed E-state index contributed by atoms with van der Waals surface area (Å²) in [6.45, 7) is 2.66. The smallest absolute Gasteiger partial charge is 0.274 e. The van der Waals surface area contributed by atoms with Gasteiger partial charge in [-0.1, -0.05) is 6.92 Å². The van der Waals surface area contributed by atoms with E-state index in [0.29, 0.717) is 30.4 Å². The van der Waals surface area contributed by atoms with Crippen molar-refractivity contribution in [3.63, 3.8) is 0 Å². The molecule has 7 nitrogen and oxygen atoms in total. The van der Waals surface area contributed by atoms with Crippen LogP contribution in [0, 0.1) is 5.92 Å². The summed E-state index contributed by atoms with van der Waals surface area (Å²) in [5.41, 5.74) is -0.117. The Kier molecular flexibility index (Phi) is 5.64. The van der Waals surface area contributed by atoms with Gasteiger partial charge in [-0.3, -0.25) is 9.59 Å². The van der Waals surface area contributed by atoms with Gasteiger partial charge >= 0.3 is 0 Å². The van der Waals surface area contributed by atoms with Crippen LogP contribution < -0.4 is 4.90 Å². The molecule has 0 bridgehead atoms. The third-order valence-corrected chi connectivity index (χ3v) is 5.19. The summed E-state index contributed by atoms with van der Waals surface area (Å²) in [6.07, 6.45) is 6.40. The molecule has 1 saturated carbocycles. The highest BCUT2D eigenvalue weighted by Gasteiger charge is 2.33. The van der Waals surface area contributed by atoms with Crippen molar-refractivity contribution in [2.45, 2.75) is 44.6 Å². The van der Waals surface area contributed by atoms with Crippen LogP contribution in [0.5, 0.6) is 0 Å². The van der Waals surface area contributed by atoms with Crippen molar-refractivity contribution in [3.05, 3.63) is 12.0 Å². The standard InChI is InChI=1S/C17H28N4O3/c1-5-17(24)8-6-13(7-9-17)10-19(2)16(23)14-15(21(4)12-22)18-11-20(14)3/h11-13,24H,5-10H2,1-4H3. The van der Waals surface area contributed by atoms with E-state index in [1.165, 1.54) is 4.90 Å². The Balaban J connectivity index is 2.03. The van der Waals surface area contributed by atoms with Crippen molar-refractivity contribution in [1.82, 2.24) is 14.5 Å². The number of amides is 2. The van der Waals surface area contributed by atoms with E-state index < -0.39 is 5.60 Å². The Hall–Kier alpha value is -1.89. The number of aliphatic hydroxyl groups is 1. The monoisotopic (exact) mass is 336 g/mol. The minimum atomic E-state index is -0.527. The van der Waals surface area contributed by atoms with Crippen LogP contribution >= 0.6 is 0 Å². The van der Waals surface area contributed by atoms with Gasteiger partial charge in [-0.05, 0) is 38.0 Å². The Labute approximate surface area is 143 Å². The van der Waals surface area contributed by atoms with Gasteiger partial charge in [-0.25, -0.2) is 4.98 Å². The van der Waals surface area contributed by atoms with E-state index in [9.17, 15) is 14.7 Å². The fourth-order valence-corrected chi connectivity index (χ4v) is 3.37. The Morgan fingerprint density at radius 1 is 1.46 bits per heavy atom. The normalized spacial score (nSPS) is 23.8. The Morgan fingerprint density at radius 3 is 2.62 bits per heavy atom. The maximum atomic E-state index is 12.8. The van der Waals surface area contributed by atoms with Crippen molar-refractivity contribution >= 4 is 18.1 Å². The lowest BCUT2D eigenvalue weighted by atomic mass is 9.77. The van der Waals surface area contributed by atoms with E-state index in [2.05, 4.69) is 4.98 Å². The van der Waals surface area contributed by atoms with Crippen LogP contribution in [-0.2, 0) is 11.8 Å². The zero-order chi connectivity index (χ0) is 17.9. The lowest BCUT2D eigenvalue weighted by molar-refractivity contribution is -0.107. The van der Waals surface area contributed by atoms with Crippen molar-refractivity contribution in [3.8, 4) is 0 Å². The van der Waals surface area contributed by atoms with Crippen LogP contribution in [0.3, 0.4) is 0 Å². The molecule has 2 rings (SSSR count). The lowest BCUT2D eigenvalue weighted by Crippen LogP contribution is -2.39. The first-order valence-corrected chi connectivity index (χ1v) is 8.48. The zero-order valence-corrected chi connectivity index (χ0v) is 15.0. The predicted octanol–water partition coefficient (Wildman–Crippen LogP) is 1.42. The van der Waals surface area contributed by atoms with E-state index in [-0.39, 0.29) is 5.91 Å². The second kappa shape index (κ2) is 7.34. The topological polar surface area (TPSA) is 78.7 Å². The summed E-state index contributed by atoms with van der Waals surface area (Å²) < 4.78 is 1.64. The minimum Gasteiger partial charge on any atom is -0.390 e. The number of rotatable bonds is 6. The molecule has 0 aromatic carbocycles.